The fraction of sp³-hybridized carbons (Fsp3) is 0.188. The Morgan fingerprint density at radius 3 is 2.50 bits per heavy atom. The monoisotopic (exact) mass is 431 g/mol. The molecule has 2 aromatic rings. The Labute approximate surface area is 154 Å². The van der Waals surface area contributed by atoms with Crippen molar-refractivity contribution in [2.24, 2.45) is 0 Å². The van der Waals surface area contributed by atoms with Gasteiger partial charge in [-0.15, -0.1) is 0 Å². The van der Waals surface area contributed by atoms with Gasteiger partial charge in [0.05, 0.1) is 10.5 Å². The summed E-state index contributed by atoms with van der Waals surface area (Å²) >= 11 is 9.21. The van der Waals surface area contributed by atoms with Crippen molar-refractivity contribution in [2.45, 2.75) is 11.5 Å². The molecule has 0 N–H and O–H groups in total. The Morgan fingerprint density at radius 2 is 1.88 bits per heavy atom. The number of nitrogens with zero attached hydrogens (tertiary/aromatic N) is 1. The lowest BCUT2D eigenvalue weighted by Crippen LogP contribution is -2.23. The van der Waals surface area contributed by atoms with E-state index in [0.29, 0.717) is 15.1 Å². The molecular weight excluding hydrogens is 418 g/mol. The van der Waals surface area contributed by atoms with Crippen molar-refractivity contribution < 1.29 is 17.9 Å². The summed E-state index contributed by atoms with van der Waals surface area (Å²) in [6, 6.07) is 11.3. The van der Waals surface area contributed by atoms with Crippen molar-refractivity contribution in [1.29, 1.82) is 0 Å². The number of hydrogen-bond donors (Lipinski definition) is 0. The van der Waals surface area contributed by atoms with Gasteiger partial charge < -0.3 is 4.74 Å². The molecule has 0 atom stereocenters. The Hall–Kier alpha value is -1.41. The Morgan fingerprint density at radius 1 is 1.21 bits per heavy atom. The highest BCUT2D eigenvalue weighted by molar-refractivity contribution is 9.10. The van der Waals surface area contributed by atoms with Gasteiger partial charge in [-0.1, -0.05) is 29.8 Å². The number of ether oxygens (including phenoxy) is 1. The average Bonchev–Trinajstić information content (AvgIpc) is 2.54. The molecule has 0 heterocycles. The van der Waals surface area contributed by atoms with E-state index in [1.54, 1.807) is 24.3 Å². The maximum absolute atomic E-state index is 12.3. The first kappa shape index (κ1) is 18.9. The smallest absolute Gasteiger partial charge is 0.338 e. The van der Waals surface area contributed by atoms with Crippen molar-refractivity contribution >= 4 is 43.5 Å². The normalized spacial score (nSPS) is 11.5. The van der Waals surface area contributed by atoms with Crippen molar-refractivity contribution in [2.75, 3.05) is 14.1 Å². The Kier molecular flexibility index (Phi) is 6.03. The maximum atomic E-state index is 12.3. The SMILES string of the molecule is CN(C)S(=O)(=O)c1cc(C(=O)OCc2ccccc2Cl)ccc1Br. The molecule has 0 saturated heterocycles. The zero-order valence-corrected chi connectivity index (χ0v) is 16.2. The number of halogens is 2. The fourth-order valence-electron chi connectivity index (χ4n) is 1.87. The lowest BCUT2D eigenvalue weighted by Gasteiger charge is -2.14. The summed E-state index contributed by atoms with van der Waals surface area (Å²) in [6.45, 7) is 0.00430. The van der Waals surface area contributed by atoms with Crippen LogP contribution in [0.15, 0.2) is 51.8 Å². The van der Waals surface area contributed by atoms with Gasteiger partial charge in [-0.3, -0.25) is 0 Å². The van der Waals surface area contributed by atoms with Crippen LogP contribution in [0.2, 0.25) is 5.02 Å². The summed E-state index contributed by atoms with van der Waals surface area (Å²) in [5.41, 5.74) is 0.816. The third-order valence-electron chi connectivity index (χ3n) is 3.24. The molecule has 24 heavy (non-hydrogen) atoms. The highest BCUT2D eigenvalue weighted by atomic mass is 79.9. The van der Waals surface area contributed by atoms with E-state index in [9.17, 15) is 13.2 Å². The van der Waals surface area contributed by atoms with Gasteiger partial charge in [0, 0.05) is 29.2 Å². The molecule has 0 saturated carbocycles. The molecule has 8 heteroatoms. The Bertz CT molecular complexity index is 868. The minimum absolute atomic E-state index is 0.000284. The van der Waals surface area contributed by atoms with Gasteiger partial charge in [0.25, 0.3) is 0 Å². The van der Waals surface area contributed by atoms with Crippen molar-refractivity contribution in [1.82, 2.24) is 4.31 Å². The fourth-order valence-corrected chi connectivity index (χ4v) is 3.90. The molecule has 0 aliphatic rings. The molecule has 0 aromatic heterocycles. The first-order valence-electron chi connectivity index (χ1n) is 6.86. The Balaban J connectivity index is 2.23. The quantitative estimate of drug-likeness (QED) is 0.676. The third kappa shape index (κ3) is 4.16. The second-order valence-corrected chi connectivity index (χ2v) is 8.48. The number of carbonyl (C=O) groups excluding carboxylic acids is 1. The predicted octanol–water partition coefficient (Wildman–Crippen LogP) is 3.71. The van der Waals surface area contributed by atoms with Crippen LogP contribution in [-0.2, 0) is 21.4 Å². The van der Waals surface area contributed by atoms with Gasteiger partial charge in [0.15, 0.2) is 0 Å². The maximum Gasteiger partial charge on any atom is 0.338 e. The van der Waals surface area contributed by atoms with Crippen molar-refractivity contribution in [3.63, 3.8) is 0 Å². The lowest BCUT2D eigenvalue weighted by molar-refractivity contribution is 0.0472. The molecule has 5 nitrogen and oxygen atoms in total. The van der Waals surface area contributed by atoms with E-state index < -0.39 is 16.0 Å². The number of hydrogen-bond acceptors (Lipinski definition) is 4. The van der Waals surface area contributed by atoms with Crippen molar-refractivity contribution in [3.8, 4) is 0 Å². The zero-order valence-electron chi connectivity index (χ0n) is 13.0. The van der Waals surface area contributed by atoms with E-state index in [1.807, 2.05) is 0 Å². The van der Waals surface area contributed by atoms with Crippen LogP contribution in [0.4, 0.5) is 0 Å². The van der Waals surface area contributed by atoms with E-state index in [0.717, 1.165) is 4.31 Å². The molecule has 2 rings (SSSR count). The van der Waals surface area contributed by atoms with E-state index in [4.69, 9.17) is 16.3 Å². The van der Waals surface area contributed by atoms with Gasteiger partial charge in [-0.05, 0) is 40.2 Å². The first-order chi connectivity index (χ1) is 11.2. The molecular formula is C16H15BrClNO4S. The second-order valence-electron chi connectivity index (χ2n) is 5.10. The number of sulfonamides is 1. The van der Waals surface area contributed by atoms with Crippen LogP contribution in [-0.4, -0.2) is 32.8 Å². The minimum Gasteiger partial charge on any atom is -0.457 e. The van der Waals surface area contributed by atoms with Crippen molar-refractivity contribution in [3.05, 3.63) is 63.1 Å². The summed E-state index contributed by atoms with van der Waals surface area (Å²) in [7, 11) is -0.838. The summed E-state index contributed by atoms with van der Waals surface area (Å²) in [4.78, 5) is 12.2. The minimum atomic E-state index is -3.68. The summed E-state index contributed by atoms with van der Waals surface area (Å²) in [5, 5.41) is 0.497. The van der Waals surface area contributed by atoms with Crippen LogP contribution < -0.4 is 0 Å². The van der Waals surface area contributed by atoms with E-state index >= 15 is 0 Å². The van der Waals surface area contributed by atoms with Gasteiger partial charge in [-0.25, -0.2) is 17.5 Å². The summed E-state index contributed by atoms with van der Waals surface area (Å²) < 4.78 is 31.2. The molecule has 0 amide bonds. The summed E-state index contributed by atoms with van der Waals surface area (Å²) in [5.74, 6) is -0.627. The number of benzene rings is 2. The molecule has 0 aliphatic carbocycles. The van der Waals surface area contributed by atoms with Gasteiger partial charge in [0.2, 0.25) is 10.0 Å². The molecule has 0 spiro atoms. The van der Waals surface area contributed by atoms with Gasteiger partial charge in [0.1, 0.15) is 6.61 Å². The van der Waals surface area contributed by atoms with Crippen LogP contribution in [0, 0.1) is 0 Å². The van der Waals surface area contributed by atoms with Crippen LogP contribution in [0.1, 0.15) is 15.9 Å². The second kappa shape index (κ2) is 7.65. The lowest BCUT2D eigenvalue weighted by atomic mass is 10.2. The van der Waals surface area contributed by atoms with Crippen LogP contribution in [0.25, 0.3) is 0 Å². The molecule has 0 bridgehead atoms. The average molecular weight is 433 g/mol. The molecule has 0 radical (unpaired) electrons. The topological polar surface area (TPSA) is 63.7 Å². The highest BCUT2D eigenvalue weighted by Gasteiger charge is 2.22. The van der Waals surface area contributed by atoms with Gasteiger partial charge >= 0.3 is 5.97 Å². The van der Waals surface area contributed by atoms with Crippen LogP contribution in [0.3, 0.4) is 0 Å². The first-order valence-corrected chi connectivity index (χ1v) is 9.47. The molecule has 0 fully saturated rings. The predicted molar refractivity (Wildman–Crippen MR) is 95.6 cm³/mol. The number of carbonyl (C=O) groups is 1. The summed E-state index contributed by atoms with van der Waals surface area (Å²) in [6.07, 6.45) is 0. The van der Waals surface area contributed by atoms with E-state index in [1.165, 1.54) is 32.3 Å². The molecule has 2 aromatic carbocycles. The van der Waals surface area contributed by atoms with Crippen LogP contribution >= 0.6 is 27.5 Å². The number of rotatable bonds is 5. The van der Waals surface area contributed by atoms with E-state index in [-0.39, 0.29) is 17.1 Å². The van der Waals surface area contributed by atoms with Gasteiger partial charge in [-0.2, -0.15) is 0 Å². The zero-order chi connectivity index (χ0) is 17.9. The molecule has 128 valence electrons. The molecule has 0 unspecified atom stereocenters. The highest BCUT2D eigenvalue weighted by Crippen LogP contribution is 2.26. The largest absolute Gasteiger partial charge is 0.457 e. The molecule has 0 aliphatic heterocycles. The third-order valence-corrected chi connectivity index (χ3v) is 6.42. The standard InChI is InChI=1S/C16H15BrClNO4S/c1-19(2)24(21,22)15-9-11(7-8-13(15)17)16(20)23-10-12-5-3-4-6-14(12)18/h3-9H,10H2,1-2H3. The number of esters is 1. The van der Waals surface area contributed by atoms with E-state index in [2.05, 4.69) is 15.9 Å². The van der Waals surface area contributed by atoms with Crippen LogP contribution in [0.5, 0.6) is 0 Å².